The minimum absolute atomic E-state index is 0.326. The predicted octanol–water partition coefficient (Wildman–Crippen LogP) is 3.02. The van der Waals surface area contributed by atoms with Gasteiger partial charge in [-0.15, -0.1) is 11.3 Å². The first-order chi connectivity index (χ1) is 10.6. The molecule has 4 nitrogen and oxygen atoms in total. The number of rotatable bonds is 7. The fourth-order valence-corrected chi connectivity index (χ4v) is 2.87. The van der Waals surface area contributed by atoms with Crippen molar-refractivity contribution in [2.45, 2.75) is 18.6 Å². The Balaban J connectivity index is 2.04. The lowest BCUT2D eigenvalue weighted by Crippen LogP contribution is -2.22. The van der Waals surface area contributed by atoms with Crippen molar-refractivity contribution in [2.24, 2.45) is 0 Å². The van der Waals surface area contributed by atoms with Crippen LogP contribution in [0.15, 0.2) is 47.8 Å². The summed E-state index contributed by atoms with van der Waals surface area (Å²) in [5.74, 6) is -0.608. The highest BCUT2D eigenvalue weighted by atomic mass is 32.1. The van der Waals surface area contributed by atoms with Crippen molar-refractivity contribution in [3.63, 3.8) is 0 Å². The Kier molecular flexibility index (Phi) is 6.12. The molecule has 0 saturated heterocycles. The minimum atomic E-state index is -1.25. The number of hydrogen-bond acceptors (Lipinski definition) is 5. The molecule has 0 fully saturated rings. The summed E-state index contributed by atoms with van der Waals surface area (Å²) in [6.45, 7) is 0.803. The van der Waals surface area contributed by atoms with Crippen molar-refractivity contribution in [2.75, 3.05) is 20.6 Å². The van der Waals surface area contributed by atoms with Crippen molar-refractivity contribution in [3.8, 4) is 0 Å². The molecule has 1 aromatic carbocycles. The number of carbonyl (C=O) groups is 1. The standard InChI is InChI=1S/C17H21NO3S/c1-18(2)11-10-14(15-9-6-12-22-15)21-17(20)16(19)13-7-4-3-5-8-13/h3-9,12,14,16,19H,10-11H2,1-2H3. The van der Waals surface area contributed by atoms with Gasteiger partial charge in [0, 0.05) is 17.8 Å². The minimum Gasteiger partial charge on any atom is -0.454 e. The topological polar surface area (TPSA) is 49.8 Å². The maximum atomic E-state index is 12.2. The van der Waals surface area contributed by atoms with Gasteiger partial charge in [0.05, 0.1) is 0 Å². The Morgan fingerprint density at radius 1 is 1.23 bits per heavy atom. The van der Waals surface area contributed by atoms with Crippen LogP contribution in [0, 0.1) is 0 Å². The number of carbonyl (C=O) groups excluding carboxylic acids is 1. The lowest BCUT2D eigenvalue weighted by atomic mass is 10.1. The summed E-state index contributed by atoms with van der Waals surface area (Å²) in [4.78, 5) is 15.3. The molecule has 1 N–H and O–H groups in total. The third kappa shape index (κ3) is 4.66. The van der Waals surface area contributed by atoms with Crippen molar-refractivity contribution < 1.29 is 14.6 Å². The van der Waals surface area contributed by atoms with E-state index < -0.39 is 12.1 Å². The molecule has 5 heteroatoms. The van der Waals surface area contributed by atoms with Gasteiger partial charge in [-0.2, -0.15) is 0 Å². The molecule has 0 amide bonds. The number of hydrogen-bond donors (Lipinski definition) is 1. The molecule has 2 unspecified atom stereocenters. The Morgan fingerprint density at radius 2 is 1.95 bits per heavy atom. The first kappa shape index (κ1) is 16.7. The molecule has 0 aliphatic heterocycles. The van der Waals surface area contributed by atoms with E-state index in [1.54, 1.807) is 35.6 Å². The van der Waals surface area contributed by atoms with Gasteiger partial charge in [-0.25, -0.2) is 4.79 Å². The van der Waals surface area contributed by atoms with E-state index >= 15 is 0 Å². The smallest absolute Gasteiger partial charge is 0.340 e. The summed E-state index contributed by atoms with van der Waals surface area (Å²) in [6, 6.07) is 12.7. The molecule has 0 aliphatic carbocycles. The monoisotopic (exact) mass is 319 g/mol. The summed E-state index contributed by atoms with van der Waals surface area (Å²) in [7, 11) is 3.96. The zero-order valence-corrected chi connectivity index (χ0v) is 13.6. The lowest BCUT2D eigenvalue weighted by Gasteiger charge is -2.20. The van der Waals surface area contributed by atoms with E-state index in [1.807, 2.05) is 42.6 Å². The molecule has 1 aromatic heterocycles. The van der Waals surface area contributed by atoms with Crippen LogP contribution in [0.4, 0.5) is 0 Å². The maximum absolute atomic E-state index is 12.2. The van der Waals surface area contributed by atoms with Crippen molar-refractivity contribution >= 4 is 17.3 Å². The third-order valence-electron chi connectivity index (χ3n) is 3.30. The molecule has 0 radical (unpaired) electrons. The summed E-state index contributed by atoms with van der Waals surface area (Å²) < 4.78 is 5.56. The Labute approximate surface area is 135 Å². The van der Waals surface area contributed by atoms with E-state index in [1.165, 1.54) is 0 Å². The second-order valence-corrected chi connectivity index (χ2v) is 6.33. The van der Waals surface area contributed by atoms with Crippen LogP contribution in [0.5, 0.6) is 0 Å². The number of aliphatic hydroxyl groups excluding tert-OH is 1. The molecule has 2 aromatic rings. The highest BCUT2D eigenvalue weighted by molar-refractivity contribution is 7.10. The molecule has 22 heavy (non-hydrogen) atoms. The van der Waals surface area contributed by atoms with Gasteiger partial charge in [0.1, 0.15) is 6.10 Å². The van der Waals surface area contributed by atoms with Gasteiger partial charge in [-0.1, -0.05) is 36.4 Å². The second kappa shape index (κ2) is 8.08. The number of ether oxygens (including phenoxy) is 1. The van der Waals surface area contributed by atoms with Gasteiger partial charge in [0.2, 0.25) is 0 Å². The number of esters is 1. The molecule has 0 saturated carbocycles. The average Bonchev–Trinajstić information content (AvgIpc) is 3.05. The first-order valence-electron chi connectivity index (χ1n) is 7.19. The van der Waals surface area contributed by atoms with Crippen LogP contribution in [-0.4, -0.2) is 36.6 Å². The van der Waals surface area contributed by atoms with Gasteiger partial charge in [-0.05, 0) is 31.1 Å². The first-order valence-corrected chi connectivity index (χ1v) is 8.07. The van der Waals surface area contributed by atoms with Crippen LogP contribution < -0.4 is 0 Å². The molecule has 2 rings (SSSR count). The molecule has 2 atom stereocenters. The second-order valence-electron chi connectivity index (χ2n) is 5.35. The number of aliphatic hydroxyl groups is 1. The van der Waals surface area contributed by atoms with Crippen molar-refractivity contribution in [1.82, 2.24) is 4.90 Å². The van der Waals surface area contributed by atoms with Crippen molar-refractivity contribution in [1.29, 1.82) is 0 Å². The predicted molar refractivity (Wildman–Crippen MR) is 87.7 cm³/mol. The van der Waals surface area contributed by atoms with E-state index in [2.05, 4.69) is 0 Å². The molecular formula is C17H21NO3S. The van der Waals surface area contributed by atoms with Crippen LogP contribution in [-0.2, 0) is 9.53 Å². The van der Waals surface area contributed by atoms with E-state index in [9.17, 15) is 9.90 Å². The highest BCUT2D eigenvalue weighted by Gasteiger charge is 2.24. The summed E-state index contributed by atoms with van der Waals surface area (Å²) in [5.41, 5.74) is 0.546. The zero-order chi connectivity index (χ0) is 15.9. The molecule has 1 heterocycles. The number of benzene rings is 1. The normalized spacial score (nSPS) is 13.8. The average molecular weight is 319 g/mol. The number of nitrogens with zero attached hydrogens (tertiary/aromatic N) is 1. The van der Waals surface area contributed by atoms with Gasteiger partial charge in [0.15, 0.2) is 6.10 Å². The molecule has 0 spiro atoms. The Hall–Kier alpha value is -1.69. The van der Waals surface area contributed by atoms with E-state index in [0.29, 0.717) is 12.0 Å². The largest absolute Gasteiger partial charge is 0.454 e. The Morgan fingerprint density at radius 3 is 2.55 bits per heavy atom. The Bertz CT molecular complexity index is 569. The molecular weight excluding hydrogens is 298 g/mol. The highest BCUT2D eigenvalue weighted by Crippen LogP contribution is 2.28. The quantitative estimate of drug-likeness (QED) is 0.797. The van der Waals surface area contributed by atoms with Crippen LogP contribution in [0.3, 0.4) is 0 Å². The van der Waals surface area contributed by atoms with Gasteiger partial charge < -0.3 is 14.7 Å². The van der Waals surface area contributed by atoms with E-state index in [-0.39, 0.29) is 6.10 Å². The maximum Gasteiger partial charge on any atom is 0.340 e. The fraction of sp³-hybridized carbons (Fsp3) is 0.353. The van der Waals surface area contributed by atoms with Crippen molar-refractivity contribution in [3.05, 3.63) is 58.3 Å². The van der Waals surface area contributed by atoms with E-state index in [4.69, 9.17) is 4.74 Å². The summed E-state index contributed by atoms with van der Waals surface area (Å²) in [5, 5.41) is 12.1. The van der Waals surface area contributed by atoms with Crippen LogP contribution >= 0.6 is 11.3 Å². The van der Waals surface area contributed by atoms with Crippen LogP contribution in [0.1, 0.15) is 29.1 Å². The fourth-order valence-electron chi connectivity index (χ4n) is 2.09. The van der Waals surface area contributed by atoms with E-state index in [0.717, 1.165) is 11.4 Å². The molecule has 118 valence electrons. The summed E-state index contributed by atoms with van der Waals surface area (Å²) in [6.07, 6.45) is -0.878. The SMILES string of the molecule is CN(C)CCC(OC(=O)C(O)c1ccccc1)c1cccs1. The molecule has 0 bridgehead atoms. The zero-order valence-electron chi connectivity index (χ0n) is 12.8. The molecule has 0 aliphatic rings. The van der Waals surface area contributed by atoms with Gasteiger partial charge in [-0.3, -0.25) is 0 Å². The van der Waals surface area contributed by atoms with Gasteiger partial charge >= 0.3 is 5.97 Å². The van der Waals surface area contributed by atoms with Crippen LogP contribution in [0.2, 0.25) is 0 Å². The van der Waals surface area contributed by atoms with Gasteiger partial charge in [0.25, 0.3) is 0 Å². The number of thiophene rings is 1. The third-order valence-corrected chi connectivity index (χ3v) is 4.26. The summed E-state index contributed by atoms with van der Waals surface area (Å²) >= 11 is 1.55. The lowest BCUT2D eigenvalue weighted by molar-refractivity contribution is -0.160. The van der Waals surface area contributed by atoms with Crippen LogP contribution in [0.25, 0.3) is 0 Å².